The number of ether oxygens (including phenoxy) is 2. The molecule has 1 aromatic carbocycles. The van der Waals surface area contributed by atoms with E-state index in [-0.39, 0.29) is 0 Å². The SMILES string of the molecule is C/C=C\C(C)=C/COC.NC(=O)c1ccc(-c2ccnc(Nc3cccc(CN4CCOCC4)c3)n2)s1. The van der Waals surface area contributed by atoms with Gasteiger partial charge in [-0.25, -0.2) is 9.97 Å². The number of primary amides is 1. The van der Waals surface area contributed by atoms with Gasteiger partial charge in [-0.2, -0.15) is 0 Å². The maximum Gasteiger partial charge on any atom is 0.258 e. The highest BCUT2D eigenvalue weighted by molar-refractivity contribution is 7.17. The average molecular weight is 522 g/mol. The van der Waals surface area contributed by atoms with Crippen LogP contribution in [0.25, 0.3) is 10.6 Å². The summed E-state index contributed by atoms with van der Waals surface area (Å²) in [7, 11) is 1.69. The lowest BCUT2D eigenvalue weighted by atomic mass is 10.2. The van der Waals surface area contributed by atoms with Crippen LogP contribution in [0.3, 0.4) is 0 Å². The number of aromatic nitrogens is 2. The number of allylic oxidation sites excluding steroid dienone is 3. The molecule has 0 aliphatic carbocycles. The monoisotopic (exact) mass is 521 g/mol. The van der Waals surface area contributed by atoms with Gasteiger partial charge in [-0.1, -0.05) is 35.9 Å². The van der Waals surface area contributed by atoms with Gasteiger partial charge in [0.15, 0.2) is 0 Å². The molecule has 9 heteroatoms. The quantitative estimate of drug-likeness (QED) is 0.381. The van der Waals surface area contributed by atoms with Crippen molar-refractivity contribution in [2.45, 2.75) is 20.4 Å². The normalized spacial score (nSPS) is 14.3. The van der Waals surface area contributed by atoms with Crippen molar-refractivity contribution in [1.82, 2.24) is 14.9 Å². The summed E-state index contributed by atoms with van der Waals surface area (Å²) in [5.41, 5.74) is 9.50. The van der Waals surface area contributed by atoms with Crippen molar-refractivity contribution in [3.63, 3.8) is 0 Å². The highest BCUT2D eigenvalue weighted by Gasteiger charge is 2.12. The molecule has 1 amide bonds. The second kappa shape index (κ2) is 15.0. The molecule has 0 unspecified atom stereocenters. The number of methoxy groups -OCH3 is 1. The van der Waals surface area contributed by atoms with Gasteiger partial charge in [0.2, 0.25) is 5.95 Å². The number of carbonyl (C=O) groups is 1. The zero-order chi connectivity index (χ0) is 26.5. The highest BCUT2D eigenvalue weighted by Crippen LogP contribution is 2.27. The van der Waals surface area contributed by atoms with E-state index in [0.29, 0.717) is 17.4 Å². The minimum atomic E-state index is -0.430. The van der Waals surface area contributed by atoms with Crippen LogP contribution in [0.1, 0.15) is 29.1 Å². The number of hydrogen-bond acceptors (Lipinski definition) is 8. The van der Waals surface area contributed by atoms with E-state index >= 15 is 0 Å². The highest BCUT2D eigenvalue weighted by atomic mass is 32.1. The maximum absolute atomic E-state index is 11.3. The van der Waals surface area contributed by atoms with E-state index in [4.69, 9.17) is 15.2 Å². The molecule has 4 rings (SSSR count). The minimum absolute atomic E-state index is 0.430. The molecule has 0 radical (unpaired) electrons. The summed E-state index contributed by atoms with van der Waals surface area (Å²) >= 11 is 1.32. The Morgan fingerprint density at radius 2 is 2.05 bits per heavy atom. The number of anilines is 2. The molecular weight excluding hydrogens is 486 g/mol. The lowest BCUT2D eigenvalue weighted by molar-refractivity contribution is 0.0342. The Labute approximate surface area is 222 Å². The van der Waals surface area contributed by atoms with Crippen LogP contribution in [0, 0.1) is 0 Å². The number of carbonyl (C=O) groups excluding carboxylic acids is 1. The third-order valence-corrected chi connectivity index (χ3v) is 6.57. The van der Waals surface area contributed by atoms with Crippen LogP contribution >= 0.6 is 11.3 Å². The molecule has 0 atom stereocenters. The third-order valence-electron chi connectivity index (χ3n) is 5.45. The van der Waals surface area contributed by atoms with Crippen LogP contribution in [0.15, 0.2) is 72.5 Å². The Bertz CT molecular complexity index is 1200. The molecule has 8 nitrogen and oxygen atoms in total. The molecule has 37 heavy (non-hydrogen) atoms. The molecule has 1 saturated heterocycles. The van der Waals surface area contributed by atoms with Crippen molar-refractivity contribution in [1.29, 1.82) is 0 Å². The number of morpholine rings is 1. The Balaban J connectivity index is 0.000000364. The first-order chi connectivity index (χ1) is 18.0. The molecule has 196 valence electrons. The van der Waals surface area contributed by atoms with E-state index in [0.717, 1.165) is 49.1 Å². The second-order valence-electron chi connectivity index (χ2n) is 8.41. The predicted octanol–water partition coefficient (Wildman–Crippen LogP) is 5.04. The molecule has 0 saturated carbocycles. The van der Waals surface area contributed by atoms with Crippen LogP contribution in [0.5, 0.6) is 0 Å². The van der Waals surface area contributed by atoms with Gasteiger partial charge in [0.25, 0.3) is 5.91 Å². The Kier molecular flexibility index (Phi) is 11.4. The van der Waals surface area contributed by atoms with E-state index in [1.54, 1.807) is 19.4 Å². The summed E-state index contributed by atoms with van der Waals surface area (Å²) in [6.07, 6.45) is 7.81. The summed E-state index contributed by atoms with van der Waals surface area (Å²) in [4.78, 5) is 24.0. The van der Waals surface area contributed by atoms with Gasteiger partial charge in [-0.05, 0) is 49.7 Å². The fraction of sp³-hybridized carbons (Fsp3) is 0.321. The van der Waals surface area contributed by atoms with E-state index in [2.05, 4.69) is 45.3 Å². The fourth-order valence-corrected chi connectivity index (χ4v) is 4.43. The van der Waals surface area contributed by atoms with Crippen LogP contribution < -0.4 is 11.1 Å². The number of thiophene rings is 1. The molecule has 1 aliphatic heterocycles. The van der Waals surface area contributed by atoms with Crippen molar-refractivity contribution < 1.29 is 14.3 Å². The van der Waals surface area contributed by atoms with E-state index < -0.39 is 5.91 Å². The van der Waals surface area contributed by atoms with E-state index in [9.17, 15) is 4.79 Å². The molecule has 3 aromatic rings. The second-order valence-corrected chi connectivity index (χ2v) is 9.49. The molecule has 0 bridgehead atoms. The summed E-state index contributed by atoms with van der Waals surface area (Å²) in [6.45, 7) is 9.15. The number of nitrogens with two attached hydrogens (primary N) is 1. The van der Waals surface area contributed by atoms with Gasteiger partial charge in [0.1, 0.15) is 0 Å². The van der Waals surface area contributed by atoms with Crippen molar-refractivity contribution in [2.75, 3.05) is 45.3 Å². The van der Waals surface area contributed by atoms with E-state index in [1.807, 2.05) is 43.3 Å². The fourth-order valence-electron chi connectivity index (χ4n) is 3.60. The molecule has 1 aliphatic rings. The summed E-state index contributed by atoms with van der Waals surface area (Å²) in [5, 5.41) is 3.27. The van der Waals surface area contributed by atoms with Crippen LogP contribution in [-0.2, 0) is 16.0 Å². The third kappa shape index (κ3) is 9.55. The molecule has 2 aromatic heterocycles. The molecule has 1 fully saturated rings. The lowest BCUT2D eigenvalue weighted by Gasteiger charge is -2.26. The zero-order valence-electron chi connectivity index (χ0n) is 21.6. The molecule has 3 N–H and O–H groups in total. The van der Waals surface area contributed by atoms with Gasteiger partial charge in [0, 0.05) is 38.6 Å². The van der Waals surface area contributed by atoms with E-state index in [1.165, 1.54) is 22.5 Å². The van der Waals surface area contributed by atoms with Gasteiger partial charge >= 0.3 is 0 Å². The number of benzene rings is 1. The van der Waals surface area contributed by atoms with Gasteiger partial charge < -0.3 is 20.5 Å². The zero-order valence-corrected chi connectivity index (χ0v) is 22.5. The number of nitrogens with one attached hydrogen (secondary N) is 1. The number of nitrogens with zero attached hydrogens (tertiary/aromatic N) is 3. The van der Waals surface area contributed by atoms with Crippen LogP contribution in [0.2, 0.25) is 0 Å². The smallest absolute Gasteiger partial charge is 0.258 e. The Morgan fingerprint density at radius 1 is 1.24 bits per heavy atom. The standard InChI is InChI=1S/C20H21N5O2S.C8H14O/c21-19(26)18-5-4-17(28-18)16-6-7-22-20(24-16)23-15-3-1-2-14(12-15)13-25-8-10-27-11-9-25;1-4-5-8(2)6-7-9-3/h1-7,12H,8-11,13H2,(H2,21,26)(H,22,23,24);4-6H,7H2,1-3H3/b;5-4-,8-6-. The maximum atomic E-state index is 11.3. The number of rotatable bonds is 9. The molecule has 3 heterocycles. The first-order valence-electron chi connectivity index (χ1n) is 12.2. The van der Waals surface area contributed by atoms with Gasteiger partial charge in [-0.15, -0.1) is 11.3 Å². The molecule has 0 spiro atoms. The largest absolute Gasteiger partial charge is 0.381 e. The van der Waals surface area contributed by atoms with Crippen molar-refractivity contribution in [3.05, 3.63) is 82.9 Å². The lowest BCUT2D eigenvalue weighted by Crippen LogP contribution is -2.35. The van der Waals surface area contributed by atoms with Crippen molar-refractivity contribution in [3.8, 4) is 10.6 Å². The van der Waals surface area contributed by atoms with Gasteiger partial charge in [0.05, 0.1) is 35.3 Å². The summed E-state index contributed by atoms with van der Waals surface area (Å²) < 4.78 is 10.3. The van der Waals surface area contributed by atoms with Crippen molar-refractivity contribution in [2.24, 2.45) is 5.73 Å². The average Bonchev–Trinajstić information content (AvgIpc) is 3.40. The van der Waals surface area contributed by atoms with Crippen LogP contribution in [0.4, 0.5) is 11.6 Å². The number of hydrogen-bond donors (Lipinski definition) is 2. The number of amides is 1. The topological polar surface area (TPSA) is 103 Å². The summed E-state index contributed by atoms with van der Waals surface area (Å²) in [6, 6.07) is 13.6. The van der Waals surface area contributed by atoms with Crippen LogP contribution in [-0.4, -0.2) is 60.8 Å². The Morgan fingerprint density at radius 3 is 2.76 bits per heavy atom. The van der Waals surface area contributed by atoms with Gasteiger partial charge in [-0.3, -0.25) is 9.69 Å². The molecular formula is C28H35N5O3S. The minimum Gasteiger partial charge on any atom is -0.381 e. The first kappa shape index (κ1) is 28.2. The predicted molar refractivity (Wildman–Crippen MR) is 150 cm³/mol. The van der Waals surface area contributed by atoms with Crippen molar-refractivity contribution >= 4 is 28.9 Å². The summed E-state index contributed by atoms with van der Waals surface area (Å²) in [5.74, 6) is 0.0794. The first-order valence-corrected chi connectivity index (χ1v) is 13.0. The Hall–Kier alpha value is -3.37.